The van der Waals surface area contributed by atoms with Crippen LogP contribution in [0, 0.1) is 0 Å². The zero-order chi connectivity index (χ0) is 11.9. The summed E-state index contributed by atoms with van der Waals surface area (Å²) < 4.78 is 5.32. The third-order valence-electron chi connectivity index (χ3n) is 2.80. The summed E-state index contributed by atoms with van der Waals surface area (Å²) in [4.78, 5) is 20.6. The van der Waals surface area contributed by atoms with E-state index in [4.69, 9.17) is 4.74 Å². The lowest BCUT2D eigenvalue weighted by Gasteiger charge is -2.16. The lowest BCUT2D eigenvalue weighted by Crippen LogP contribution is -2.18. The van der Waals surface area contributed by atoms with Crippen molar-refractivity contribution < 1.29 is 9.53 Å². The first-order valence-corrected chi connectivity index (χ1v) is 5.63. The van der Waals surface area contributed by atoms with Gasteiger partial charge in [0.1, 0.15) is 22.7 Å². The van der Waals surface area contributed by atoms with E-state index in [1.165, 1.54) is 0 Å². The maximum atomic E-state index is 11.8. The van der Waals surface area contributed by atoms with Gasteiger partial charge in [-0.15, -0.1) is 0 Å². The minimum Gasteiger partial charge on any atom is -0.449 e. The molecule has 0 bridgehead atoms. The van der Waals surface area contributed by atoms with Gasteiger partial charge in [-0.05, 0) is 20.3 Å². The van der Waals surface area contributed by atoms with Crippen molar-refractivity contribution in [1.82, 2.24) is 9.97 Å². The summed E-state index contributed by atoms with van der Waals surface area (Å²) in [6.07, 6.45) is 1.49. The normalized spacial score (nSPS) is 17.1. The molecule has 0 spiro atoms. The fourth-order valence-corrected chi connectivity index (χ4v) is 1.95. The smallest absolute Gasteiger partial charge is 0.342 e. The topological polar surface area (TPSA) is 52.1 Å². The van der Waals surface area contributed by atoms with Crippen LogP contribution in [0.1, 0.15) is 55.3 Å². The van der Waals surface area contributed by atoms with Gasteiger partial charge in [-0.2, -0.15) is 0 Å². The van der Waals surface area contributed by atoms with E-state index in [1.807, 2.05) is 27.7 Å². The SMILES string of the molecule is CCc1nc(CC)c2c(n1)C(C)(C)OC2=O. The highest BCUT2D eigenvalue weighted by molar-refractivity contribution is 5.95. The Kier molecular flexibility index (Phi) is 2.45. The molecule has 0 atom stereocenters. The van der Waals surface area contributed by atoms with Gasteiger partial charge in [-0.1, -0.05) is 13.8 Å². The van der Waals surface area contributed by atoms with Gasteiger partial charge >= 0.3 is 5.97 Å². The van der Waals surface area contributed by atoms with Crippen molar-refractivity contribution >= 4 is 5.97 Å². The third-order valence-corrected chi connectivity index (χ3v) is 2.80. The summed E-state index contributed by atoms with van der Waals surface area (Å²) >= 11 is 0. The number of fused-ring (bicyclic) bond motifs is 1. The van der Waals surface area contributed by atoms with E-state index in [1.54, 1.807) is 0 Å². The van der Waals surface area contributed by atoms with Crippen molar-refractivity contribution in [3.05, 3.63) is 22.8 Å². The second-order valence-corrected chi connectivity index (χ2v) is 4.42. The molecule has 0 aliphatic carbocycles. The lowest BCUT2D eigenvalue weighted by molar-refractivity contribution is 0.00825. The van der Waals surface area contributed by atoms with Crippen LogP contribution in [-0.2, 0) is 23.2 Å². The summed E-state index contributed by atoms with van der Waals surface area (Å²) in [5, 5.41) is 0. The number of rotatable bonds is 2. The maximum absolute atomic E-state index is 11.8. The van der Waals surface area contributed by atoms with Crippen LogP contribution >= 0.6 is 0 Å². The molecule has 0 aromatic carbocycles. The first kappa shape index (κ1) is 11.0. The Bertz CT molecular complexity index is 453. The van der Waals surface area contributed by atoms with Crippen LogP contribution in [-0.4, -0.2) is 15.9 Å². The summed E-state index contributed by atoms with van der Waals surface area (Å²) in [5.41, 5.74) is 1.49. The predicted molar refractivity (Wildman–Crippen MR) is 59.2 cm³/mol. The highest BCUT2D eigenvalue weighted by atomic mass is 16.6. The molecule has 0 saturated carbocycles. The van der Waals surface area contributed by atoms with Gasteiger partial charge < -0.3 is 4.74 Å². The van der Waals surface area contributed by atoms with Crippen LogP contribution in [0.4, 0.5) is 0 Å². The van der Waals surface area contributed by atoms with E-state index >= 15 is 0 Å². The van der Waals surface area contributed by atoms with Gasteiger partial charge in [0.15, 0.2) is 0 Å². The average Bonchev–Trinajstić information content (AvgIpc) is 2.48. The highest BCUT2D eigenvalue weighted by Gasteiger charge is 2.41. The zero-order valence-corrected chi connectivity index (χ0v) is 10.1. The minimum atomic E-state index is -0.622. The molecular formula is C12H16N2O2. The van der Waals surface area contributed by atoms with E-state index in [-0.39, 0.29) is 5.97 Å². The van der Waals surface area contributed by atoms with Crippen molar-refractivity contribution in [3.63, 3.8) is 0 Å². The molecule has 0 radical (unpaired) electrons. The number of carbonyl (C=O) groups is 1. The van der Waals surface area contributed by atoms with Gasteiger partial charge in [0, 0.05) is 6.42 Å². The molecule has 1 aromatic heterocycles. The molecule has 2 rings (SSSR count). The number of aromatic nitrogens is 2. The van der Waals surface area contributed by atoms with Crippen molar-refractivity contribution in [2.75, 3.05) is 0 Å². The van der Waals surface area contributed by atoms with E-state index in [2.05, 4.69) is 9.97 Å². The molecule has 1 aliphatic rings. The van der Waals surface area contributed by atoms with Crippen molar-refractivity contribution in [1.29, 1.82) is 0 Å². The molecule has 2 heterocycles. The Morgan fingerprint density at radius 1 is 1.19 bits per heavy atom. The number of esters is 1. The minimum absolute atomic E-state index is 0.292. The summed E-state index contributed by atoms with van der Waals surface area (Å²) in [7, 11) is 0. The molecule has 16 heavy (non-hydrogen) atoms. The number of carbonyl (C=O) groups excluding carboxylic acids is 1. The molecule has 1 aromatic rings. The maximum Gasteiger partial charge on any atom is 0.342 e. The van der Waals surface area contributed by atoms with E-state index in [0.717, 1.165) is 30.1 Å². The van der Waals surface area contributed by atoms with Crippen molar-refractivity contribution in [2.24, 2.45) is 0 Å². The fourth-order valence-electron chi connectivity index (χ4n) is 1.95. The Morgan fingerprint density at radius 3 is 2.44 bits per heavy atom. The number of hydrogen-bond donors (Lipinski definition) is 0. The van der Waals surface area contributed by atoms with Gasteiger partial charge in [0.2, 0.25) is 0 Å². The third kappa shape index (κ3) is 1.49. The monoisotopic (exact) mass is 220 g/mol. The second-order valence-electron chi connectivity index (χ2n) is 4.42. The Balaban J connectivity index is 2.69. The van der Waals surface area contributed by atoms with Crippen LogP contribution < -0.4 is 0 Å². The fraction of sp³-hybridized carbons (Fsp3) is 0.583. The van der Waals surface area contributed by atoms with Crippen LogP contribution in [0.15, 0.2) is 0 Å². The molecule has 0 fully saturated rings. The largest absolute Gasteiger partial charge is 0.449 e. The summed E-state index contributed by atoms with van der Waals surface area (Å²) in [6, 6.07) is 0. The molecule has 0 saturated heterocycles. The Hall–Kier alpha value is -1.45. The molecule has 0 unspecified atom stereocenters. The van der Waals surface area contributed by atoms with Crippen LogP contribution in [0.3, 0.4) is 0 Å². The summed E-state index contributed by atoms with van der Waals surface area (Å²) in [5.74, 6) is 0.487. The molecular weight excluding hydrogens is 204 g/mol. The zero-order valence-electron chi connectivity index (χ0n) is 10.1. The molecule has 1 aliphatic heterocycles. The number of hydrogen-bond acceptors (Lipinski definition) is 4. The van der Waals surface area contributed by atoms with E-state index < -0.39 is 5.60 Å². The number of nitrogens with zero attached hydrogens (tertiary/aromatic N) is 2. The van der Waals surface area contributed by atoms with Gasteiger partial charge in [-0.3, -0.25) is 0 Å². The second kappa shape index (κ2) is 3.54. The standard InChI is InChI=1S/C12H16N2O2/c1-5-7-9-10(14-8(6-2)13-7)12(3,4)16-11(9)15/h5-6H2,1-4H3. The van der Waals surface area contributed by atoms with Crippen molar-refractivity contribution in [2.45, 2.75) is 46.1 Å². The van der Waals surface area contributed by atoms with Gasteiger partial charge in [-0.25, -0.2) is 14.8 Å². The van der Waals surface area contributed by atoms with Crippen LogP contribution in [0.2, 0.25) is 0 Å². The van der Waals surface area contributed by atoms with Crippen LogP contribution in [0.25, 0.3) is 0 Å². The van der Waals surface area contributed by atoms with Gasteiger partial charge in [0.25, 0.3) is 0 Å². The Labute approximate surface area is 95.1 Å². The molecule has 0 amide bonds. The number of ether oxygens (including phenoxy) is 1. The van der Waals surface area contributed by atoms with E-state index in [0.29, 0.717) is 5.56 Å². The quantitative estimate of drug-likeness (QED) is 0.715. The van der Waals surface area contributed by atoms with Gasteiger partial charge in [0.05, 0.1) is 5.69 Å². The molecule has 0 N–H and O–H groups in total. The predicted octanol–water partition coefficient (Wildman–Crippen LogP) is 2.01. The average molecular weight is 220 g/mol. The lowest BCUT2D eigenvalue weighted by atomic mass is 10.0. The Morgan fingerprint density at radius 2 is 1.88 bits per heavy atom. The number of cyclic esters (lactones) is 1. The number of aryl methyl sites for hydroxylation is 2. The molecule has 4 nitrogen and oxygen atoms in total. The summed E-state index contributed by atoms with van der Waals surface area (Å²) in [6.45, 7) is 7.72. The highest BCUT2D eigenvalue weighted by Crippen LogP contribution is 2.35. The van der Waals surface area contributed by atoms with E-state index in [9.17, 15) is 4.79 Å². The van der Waals surface area contributed by atoms with Crippen molar-refractivity contribution in [3.8, 4) is 0 Å². The first-order valence-electron chi connectivity index (χ1n) is 5.63. The van der Waals surface area contributed by atoms with Crippen LogP contribution in [0.5, 0.6) is 0 Å². The molecule has 4 heteroatoms. The first-order chi connectivity index (χ1) is 7.49. The molecule has 86 valence electrons.